The summed E-state index contributed by atoms with van der Waals surface area (Å²) >= 11 is 0. The number of benzene rings is 2. The second-order valence-corrected chi connectivity index (χ2v) is 10.1. The molecule has 188 valence electrons. The number of hydrogen-bond acceptors (Lipinski definition) is 7. The molecular weight excluding hydrogens is 448 g/mol. The summed E-state index contributed by atoms with van der Waals surface area (Å²) in [5, 5.41) is 0. The molecule has 0 spiro atoms. The Hall–Kier alpha value is -2.58. The molecule has 2 aromatic carbocycles. The van der Waals surface area contributed by atoms with E-state index in [1.54, 1.807) is 0 Å². The van der Waals surface area contributed by atoms with Crippen LogP contribution >= 0.6 is 0 Å². The Morgan fingerprint density at radius 2 is 1.60 bits per heavy atom. The van der Waals surface area contributed by atoms with Crippen LogP contribution in [0.4, 0.5) is 0 Å². The number of ether oxygens (including phenoxy) is 5. The van der Waals surface area contributed by atoms with E-state index >= 15 is 0 Å². The van der Waals surface area contributed by atoms with Gasteiger partial charge in [0.15, 0.2) is 12.4 Å². The van der Waals surface area contributed by atoms with Crippen molar-refractivity contribution in [1.82, 2.24) is 0 Å². The maximum Gasteiger partial charge on any atom is 0.303 e. The second kappa shape index (κ2) is 11.0. The molecule has 2 aliphatic heterocycles. The first-order valence-electron chi connectivity index (χ1n) is 12.1. The topological polar surface area (TPSA) is 80.3 Å². The molecule has 2 aliphatic rings. The highest BCUT2D eigenvalue weighted by molar-refractivity contribution is 5.84. The summed E-state index contributed by atoms with van der Waals surface area (Å²) in [5.41, 5.74) is 1.28. The highest BCUT2D eigenvalue weighted by Gasteiger charge is 2.53. The van der Waals surface area contributed by atoms with Gasteiger partial charge in [-0.05, 0) is 5.56 Å². The molecule has 0 saturated carbocycles. The van der Waals surface area contributed by atoms with Crippen molar-refractivity contribution >= 4 is 11.8 Å². The van der Waals surface area contributed by atoms with Gasteiger partial charge in [0.2, 0.25) is 0 Å². The van der Waals surface area contributed by atoms with Gasteiger partial charge >= 0.3 is 5.97 Å². The van der Waals surface area contributed by atoms with Gasteiger partial charge in [0.05, 0.1) is 19.3 Å². The summed E-state index contributed by atoms with van der Waals surface area (Å²) in [7, 11) is 0. The van der Waals surface area contributed by atoms with Crippen LogP contribution in [0.2, 0.25) is 0 Å². The normalized spacial score (nSPS) is 28.7. The van der Waals surface area contributed by atoms with Gasteiger partial charge in [0, 0.05) is 24.3 Å². The predicted octanol–water partition coefficient (Wildman–Crippen LogP) is 4.39. The third-order valence-corrected chi connectivity index (χ3v) is 6.30. The number of carbonyl (C=O) groups is 2. The maximum absolute atomic E-state index is 13.0. The van der Waals surface area contributed by atoms with E-state index in [0.29, 0.717) is 0 Å². The first kappa shape index (κ1) is 25.5. The third-order valence-electron chi connectivity index (χ3n) is 6.30. The molecule has 0 radical (unpaired) electrons. The molecule has 7 heteroatoms. The minimum Gasteiger partial charge on any atom is -0.457 e. The minimum atomic E-state index is -0.761. The lowest BCUT2D eigenvalue weighted by molar-refractivity contribution is -0.334. The molecule has 0 amide bonds. The van der Waals surface area contributed by atoms with Crippen LogP contribution in [0.3, 0.4) is 0 Å². The third kappa shape index (κ3) is 6.35. The Kier molecular flexibility index (Phi) is 8.02. The zero-order valence-electron chi connectivity index (χ0n) is 20.7. The van der Waals surface area contributed by atoms with Crippen LogP contribution in [0, 0.1) is 5.41 Å². The summed E-state index contributed by atoms with van der Waals surface area (Å²) in [6.45, 7) is 7.52. The van der Waals surface area contributed by atoms with Crippen molar-refractivity contribution < 1.29 is 33.3 Å². The lowest BCUT2D eigenvalue weighted by Crippen LogP contribution is -2.63. The molecule has 4 rings (SSSR count). The SMILES string of the molecule is CC(=O)O[C@@H]1[C@@H](OCc2ccccc2)[C@@H](CC(=O)C(C)(C)C)O[C@@H]2CO[C@@H](c3ccccc3)O[C@@H]12. The monoisotopic (exact) mass is 482 g/mol. The van der Waals surface area contributed by atoms with Gasteiger partial charge in [0.25, 0.3) is 0 Å². The molecule has 35 heavy (non-hydrogen) atoms. The molecule has 6 atom stereocenters. The van der Waals surface area contributed by atoms with E-state index in [1.165, 1.54) is 6.92 Å². The first-order chi connectivity index (χ1) is 16.7. The van der Waals surface area contributed by atoms with E-state index in [2.05, 4.69) is 0 Å². The number of esters is 1. The van der Waals surface area contributed by atoms with Crippen LogP contribution in [-0.2, 0) is 39.9 Å². The Balaban J connectivity index is 1.61. The molecule has 2 saturated heterocycles. The summed E-state index contributed by atoms with van der Waals surface area (Å²) < 4.78 is 30.8. The lowest BCUT2D eigenvalue weighted by Gasteiger charge is -2.49. The van der Waals surface area contributed by atoms with Gasteiger partial charge < -0.3 is 23.7 Å². The maximum atomic E-state index is 13.0. The highest BCUT2D eigenvalue weighted by atomic mass is 16.7. The lowest BCUT2D eigenvalue weighted by atomic mass is 9.84. The van der Waals surface area contributed by atoms with Crippen molar-refractivity contribution in [2.75, 3.05) is 6.61 Å². The van der Waals surface area contributed by atoms with E-state index in [0.717, 1.165) is 11.1 Å². The van der Waals surface area contributed by atoms with E-state index < -0.39 is 48.2 Å². The van der Waals surface area contributed by atoms with Crippen molar-refractivity contribution in [3.05, 3.63) is 71.8 Å². The van der Waals surface area contributed by atoms with Crippen LogP contribution in [0.1, 0.15) is 51.5 Å². The zero-order valence-corrected chi connectivity index (χ0v) is 20.7. The summed E-state index contributed by atoms with van der Waals surface area (Å²) in [5.74, 6) is -0.410. The molecule has 2 aromatic rings. The van der Waals surface area contributed by atoms with Crippen LogP contribution in [0.5, 0.6) is 0 Å². The summed E-state index contributed by atoms with van der Waals surface area (Å²) in [6, 6.07) is 19.3. The quantitative estimate of drug-likeness (QED) is 0.542. The van der Waals surface area contributed by atoms with Crippen LogP contribution in [0.15, 0.2) is 60.7 Å². The average molecular weight is 483 g/mol. The Bertz CT molecular complexity index is 985. The van der Waals surface area contributed by atoms with Crippen molar-refractivity contribution in [1.29, 1.82) is 0 Å². The second-order valence-electron chi connectivity index (χ2n) is 10.1. The number of carbonyl (C=O) groups excluding carboxylic acids is 2. The molecule has 2 fully saturated rings. The number of hydrogen-bond donors (Lipinski definition) is 0. The number of fused-ring (bicyclic) bond motifs is 1. The zero-order chi connectivity index (χ0) is 25.0. The predicted molar refractivity (Wildman–Crippen MR) is 128 cm³/mol. The summed E-state index contributed by atoms with van der Waals surface area (Å²) in [6.07, 6.45) is -3.68. The fourth-order valence-corrected chi connectivity index (χ4v) is 4.39. The van der Waals surface area contributed by atoms with Crippen molar-refractivity contribution in [2.24, 2.45) is 5.41 Å². The summed E-state index contributed by atoms with van der Waals surface area (Å²) in [4.78, 5) is 25.1. The van der Waals surface area contributed by atoms with Gasteiger partial charge in [-0.2, -0.15) is 0 Å². The Morgan fingerprint density at radius 3 is 2.23 bits per heavy atom. The van der Waals surface area contributed by atoms with Crippen molar-refractivity contribution in [2.45, 2.75) is 77.5 Å². The fraction of sp³-hybridized carbons (Fsp3) is 0.500. The molecule has 0 bridgehead atoms. The largest absolute Gasteiger partial charge is 0.457 e. The molecule has 2 heterocycles. The molecule has 0 aromatic heterocycles. The average Bonchev–Trinajstić information content (AvgIpc) is 2.83. The highest BCUT2D eigenvalue weighted by Crippen LogP contribution is 2.38. The number of ketones is 1. The first-order valence-corrected chi connectivity index (χ1v) is 12.1. The smallest absolute Gasteiger partial charge is 0.303 e. The molecular formula is C28H34O7. The van der Waals surface area contributed by atoms with Crippen LogP contribution in [-0.4, -0.2) is 48.9 Å². The van der Waals surface area contributed by atoms with Crippen LogP contribution < -0.4 is 0 Å². The Labute approximate surface area is 206 Å². The van der Waals surface area contributed by atoms with Crippen LogP contribution in [0.25, 0.3) is 0 Å². The van der Waals surface area contributed by atoms with E-state index in [1.807, 2.05) is 81.4 Å². The molecule has 0 aliphatic carbocycles. The Morgan fingerprint density at radius 1 is 0.943 bits per heavy atom. The van der Waals surface area contributed by atoms with Crippen molar-refractivity contribution in [3.63, 3.8) is 0 Å². The van der Waals surface area contributed by atoms with Gasteiger partial charge in [-0.1, -0.05) is 81.4 Å². The number of rotatable bonds is 7. The standard InChI is InChI=1S/C28H34O7/c1-18(29)33-26-24(31-16-19-11-7-5-8-12-19)21(15-23(30)28(2,3)4)34-22-17-32-27(35-25(22)26)20-13-9-6-10-14-20/h5-14,21-22,24-27H,15-17H2,1-4H3/t21-,22-,24+,25-,26-,27-/m1/s1. The fourth-order valence-electron chi connectivity index (χ4n) is 4.39. The molecule has 0 N–H and O–H groups in total. The van der Waals surface area contributed by atoms with E-state index in [-0.39, 0.29) is 25.4 Å². The molecule has 7 nitrogen and oxygen atoms in total. The number of Topliss-reactive ketones (excluding diaryl/α,β-unsaturated/α-hetero) is 1. The van der Waals surface area contributed by atoms with E-state index in [9.17, 15) is 9.59 Å². The van der Waals surface area contributed by atoms with Gasteiger partial charge in [0.1, 0.15) is 24.1 Å². The van der Waals surface area contributed by atoms with Gasteiger partial charge in [-0.25, -0.2) is 0 Å². The van der Waals surface area contributed by atoms with Gasteiger partial charge in [-0.3, -0.25) is 9.59 Å². The van der Waals surface area contributed by atoms with E-state index in [4.69, 9.17) is 23.7 Å². The van der Waals surface area contributed by atoms with Gasteiger partial charge in [-0.15, -0.1) is 0 Å². The van der Waals surface area contributed by atoms with Crippen molar-refractivity contribution in [3.8, 4) is 0 Å². The molecule has 0 unspecified atom stereocenters. The minimum absolute atomic E-state index is 0.0376.